The van der Waals surface area contributed by atoms with Crippen LogP contribution in [0.3, 0.4) is 0 Å². The Labute approximate surface area is 180 Å². The fourth-order valence-corrected chi connectivity index (χ4v) is 2.98. The average Bonchev–Trinajstić information content (AvgIpc) is 2.67. The summed E-state index contributed by atoms with van der Waals surface area (Å²) in [5.41, 5.74) is 3.27. The van der Waals surface area contributed by atoms with Gasteiger partial charge in [-0.15, -0.1) is 0 Å². The van der Waals surface area contributed by atoms with E-state index >= 15 is 0 Å². The summed E-state index contributed by atoms with van der Waals surface area (Å²) in [6.45, 7) is 7.45. The number of nitrogens with zero attached hydrogens (tertiary/aromatic N) is 2. The van der Waals surface area contributed by atoms with Gasteiger partial charge in [-0.1, -0.05) is 29.8 Å². The van der Waals surface area contributed by atoms with Crippen LogP contribution in [0.2, 0.25) is 5.02 Å². The molecule has 0 radical (unpaired) electrons. The number of rotatable bonds is 7. The van der Waals surface area contributed by atoms with Crippen LogP contribution in [0.5, 0.6) is 5.75 Å². The van der Waals surface area contributed by atoms with Gasteiger partial charge in [0.05, 0.1) is 23.6 Å². The maximum atomic E-state index is 11.5. The highest BCUT2D eigenvalue weighted by molar-refractivity contribution is 6.32. The van der Waals surface area contributed by atoms with Crippen LogP contribution >= 0.6 is 11.6 Å². The van der Waals surface area contributed by atoms with E-state index in [0.29, 0.717) is 33.8 Å². The zero-order valence-corrected chi connectivity index (χ0v) is 17.9. The molecule has 8 heteroatoms. The molecule has 0 aliphatic heterocycles. The molecular formula is C22H23ClN4O3. The molecule has 0 amide bonds. The van der Waals surface area contributed by atoms with Crippen LogP contribution in [0.15, 0.2) is 42.6 Å². The molecule has 0 unspecified atom stereocenters. The highest BCUT2D eigenvalue weighted by atomic mass is 35.5. The van der Waals surface area contributed by atoms with Gasteiger partial charge < -0.3 is 20.5 Å². The number of hydrogen-bond donors (Lipinski definition) is 3. The van der Waals surface area contributed by atoms with Crippen molar-refractivity contribution in [2.75, 3.05) is 10.6 Å². The van der Waals surface area contributed by atoms with Gasteiger partial charge in [-0.2, -0.15) is 4.98 Å². The summed E-state index contributed by atoms with van der Waals surface area (Å²) in [6.07, 6.45) is 1.36. The van der Waals surface area contributed by atoms with Crippen molar-refractivity contribution >= 4 is 40.7 Å². The number of ether oxygens (including phenoxy) is 1. The second-order valence-corrected chi connectivity index (χ2v) is 7.50. The van der Waals surface area contributed by atoms with Gasteiger partial charge in [-0.3, -0.25) is 0 Å². The van der Waals surface area contributed by atoms with Crippen molar-refractivity contribution in [3.63, 3.8) is 0 Å². The van der Waals surface area contributed by atoms with E-state index in [0.717, 1.165) is 11.3 Å². The highest BCUT2D eigenvalue weighted by Crippen LogP contribution is 2.32. The lowest BCUT2D eigenvalue weighted by atomic mass is 10.1. The number of nitrogens with one attached hydrogen (secondary N) is 2. The van der Waals surface area contributed by atoms with Crippen molar-refractivity contribution in [1.82, 2.24) is 9.97 Å². The molecule has 7 nitrogen and oxygen atoms in total. The van der Waals surface area contributed by atoms with Crippen LogP contribution < -0.4 is 15.4 Å². The van der Waals surface area contributed by atoms with E-state index in [-0.39, 0.29) is 11.7 Å². The van der Waals surface area contributed by atoms with E-state index < -0.39 is 5.97 Å². The summed E-state index contributed by atoms with van der Waals surface area (Å²) in [5, 5.41) is 16.1. The number of aromatic carboxylic acids is 1. The van der Waals surface area contributed by atoms with E-state index in [1.807, 2.05) is 45.0 Å². The predicted molar refractivity (Wildman–Crippen MR) is 119 cm³/mol. The number of aryl methyl sites for hydroxylation is 2. The zero-order valence-electron chi connectivity index (χ0n) is 17.2. The fourth-order valence-electron chi connectivity index (χ4n) is 2.84. The van der Waals surface area contributed by atoms with Crippen molar-refractivity contribution in [2.45, 2.75) is 33.8 Å². The van der Waals surface area contributed by atoms with Crippen molar-refractivity contribution < 1.29 is 14.6 Å². The molecule has 30 heavy (non-hydrogen) atoms. The Morgan fingerprint density at radius 1 is 1.10 bits per heavy atom. The van der Waals surface area contributed by atoms with Crippen LogP contribution in [0.1, 0.15) is 35.3 Å². The average molecular weight is 427 g/mol. The molecule has 0 aliphatic carbocycles. The molecule has 0 fully saturated rings. The van der Waals surface area contributed by atoms with Gasteiger partial charge in [0.2, 0.25) is 5.95 Å². The molecule has 3 aromatic rings. The minimum absolute atomic E-state index is 0.140. The molecule has 1 heterocycles. The normalized spacial score (nSPS) is 10.7. The van der Waals surface area contributed by atoms with Crippen molar-refractivity contribution in [3.05, 3.63) is 64.3 Å². The van der Waals surface area contributed by atoms with Crippen LogP contribution in [0.4, 0.5) is 23.1 Å². The summed E-state index contributed by atoms with van der Waals surface area (Å²) in [7, 11) is 0. The number of carboxylic acid groups (broad SMARTS) is 1. The quantitative estimate of drug-likeness (QED) is 0.444. The van der Waals surface area contributed by atoms with Crippen LogP contribution in [-0.2, 0) is 0 Å². The third-order valence-electron chi connectivity index (χ3n) is 4.31. The Kier molecular flexibility index (Phi) is 6.42. The van der Waals surface area contributed by atoms with Crippen molar-refractivity contribution in [1.29, 1.82) is 0 Å². The van der Waals surface area contributed by atoms with Crippen LogP contribution in [-0.4, -0.2) is 27.1 Å². The fraction of sp³-hybridized carbons (Fsp3) is 0.227. The smallest absolute Gasteiger partial charge is 0.336 e. The third-order valence-corrected chi connectivity index (χ3v) is 4.58. The molecule has 0 aliphatic rings. The Hall–Kier alpha value is -3.32. The number of benzene rings is 2. The lowest BCUT2D eigenvalue weighted by Gasteiger charge is -2.17. The number of anilines is 4. The maximum Gasteiger partial charge on any atom is 0.336 e. The van der Waals surface area contributed by atoms with E-state index in [2.05, 4.69) is 20.6 Å². The molecule has 156 valence electrons. The molecular weight excluding hydrogens is 404 g/mol. The van der Waals surface area contributed by atoms with E-state index in [4.69, 9.17) is 16.3 Å². The Morgan fingerprint density at radius 2 is 1.83 bits per heavy atom. The topological polar surface area (TPSA) is 96.4 Å². The molecule has 0 atom stereocenters. The van der Waals surface area contributed by atoms with E-state index in [1.54, 1.807) is 13.0 Å². The van der Waals surface area contributed by atoms with Crippen LogP contribution in [0, 0.1) is 13.8 Å². The van der Waals surface area contributed by atoms with E-state index in [9.17, 15) is 9.90 Å². The minimum Gasteiger partial charge on any atom is -0.489 e. The minimum atomic E-state index is -1.01. The van der Waals surface area contributed by atoms with Gasteiger partial charge in [-0.25, -0.2) is 9.78 Å². The first-order valence-electron chi connectivity index (χ1n) is 9.41. The first kappa shape index (κ1) is 21.4. The second kappa shape index (κ2) is 9.00. The first-order valence-corrected chi connectivity index (χ1v) is 9.79. The lowest BCUT2D eigenvalue weighted by molar-refractivity contribution is 0.0695. The lowest BCUT2D eigenvalue weighted by Crippen LogP contribution is -2.10. The van der Waals surface area contributed by atoms with Crippen molar-refractivity contribution in [2.24, 2.45) is 0 Å². The summed E-state index contributed by atoms with van der Waals surface area (Å²) >= 11 is 6.28. The zero-order chi connectivity index (χ0) is 21.8. The summed E-state index contributed by atoms with van der Waals surface area (Å²) in [4.78, 5) is 20.2. The molecule has 0 saturated heterocycles. The number of hydrogen-bond acceptors (Lipinski definition) is 6. The maximum absolute atomic E-state index is 11.5. The highest BCUT2D eigenvalue weighted by Gasteiger charge is 2.16. The Balaban J connectivity index is 1.95. The third kappa shape index (κ3) is 4.99. The Morgan fingerprint density at radius 3 is 2.50 bits per heavy atom. The van der Waals surface area contributed by atoms with Gasteiger partial charge in [0.1, 0.15) is 10.8 Å². The Bertz CT molecular complexity index is 1090. The number of carbonyl (C=O) groups is 1. The van der Waals surface area contributed by atoms with Gasteiger partial charge in [-0.05, 0) is 57.0 Å². The molecule has 3 rings (SSSR count). The number of para-hydroxylation sites is 1. The standard InChI is InChI=1S/C22H23ClN4O3/c1-12(2)30-19-10-15(21(28)29)14(4)9-18(19)26-22-24-11-16(23)20(27-22)25-17-8-6-5-7-13(17)3/h5-12H,1-4H3,(H,28,29)(H2,24,25,26,27). The summed E-state index contributed by atoms with van der Waals surface area (Å²) in [6, 6.07) is 11.0. The van der Waals surface area contributed by atoms with Gasteiger partial charge >= 0.3 is 5.97 Å². The van der Waals surface area contributed by atoms with Gasteiger partial charge in [0.25, 0.3) is 0 Å². The number of carboxylic acids is 1. The van der Waals surface area contributed by atoms with Crippen LogP contribution in [0.25, 0.3) is 0 Å². The SMILES string of the molecule is Cc1ccccc1Nc1nc(Nc2cc(C)c(C(=O)O)cc2OC(C)C)ncc1Cl. The molecule has 0 spiro atoms. The number of halogens is 1. The predicted octanol–water partition coefficient (Wildman–Crippen LogP) is 5.72. The van der Waals surface area contributed by atoms with E-state index in [1.165, 1.54) is 12.3 Å². The molecule has 0 saturated carbocycles. The molecule has 2 aromatic carbocycles. The van der Waals surface area contributed by atoms with Gasteiger partial charge in [0.15, 0.2) is 5.82 Å². The van der Waals surface area contributed by atoms with Crippen molar-refractivity contribution in [3.8, 4) is 5.75 Å². The molecule has 1 aromatic heterocycles. The van der Waals surface area contributed by atoms with Gasteiger partial charge in [0, 0.05) is 5.69 Å². The number of aromatic nitrogens is 2. The monoisotopic (exact) mass is 426 g/mol. The summed E-state index contributed by atoms with van der Waals surface area (Å²) < 4.78 is 5.81. The largest absolute Gasteiger partial charge is 0.489 e. The molecule has 3 N–H and O–H groups in total. The molecule has 0 bridgehead atoms. The second-order valence-electron chi connectivity index (χ2n) is 7.09. The first-order chi connectivity index (χ1) is 14.2. The summed E-state index contributed by atoms with van der Waals surface area (Å²) in [5.74, 6) is 0.139.